The maximum atomic E-state index is 16.3. The third-order valence-corrected chi connectivity index (χ3v) is 22.3. The maximum absolute atomic E-state index is 16.3. The summed E-state index contributed by atoms with van der Waals surface area (Å²) in [5.41, 5.74) is 10.7. The van der Waals surface area contributed by atoms with Gasteiger partial charge in [-0.3, -0.25) is 64.0 Å². The number of nitrogens with one attached hydrogen (secondary N) is 12. The number of likely N-dealkylation sites (N-methyl/N-ethyl adjacent to an activating group) is 1. The van der Waals surface area contributed by atoms with Gasteiger partial charge in [-0.2, -0.15) is 4.98 Å². The Kier molecular flexibility index (Phi) is 29.3. The van der Waals surface area contributed by atoms with Gasteiger partial charge in [0.2, 0.25) is 65.3 Å². The second kappa shape index (κ2) is 39.6. The van der Waals surface area contributed by atoms with Crippen LogP contribution in [-0.4, -0.2) is 214 Å². The Labute approximate surface area is 735 Å². The molecule has 18 unspecified atom stereocenters. The summed E-state index contributed by atoms with van der Waals surface area (Å²) in [5.74, 6) is -18.3. The molecule has 9 amide bonds. The minimum Gasteiger partial charge on any atom is -0.508 e. The fourth-order valence-electron chi connectivity index (χ4n) is 14.9. The highest BCUT2D eigenvalue weighted by molar-refractivity contribution is 6.32. The lowest BCUT2D eigenvalue weighted by Crippen LogP contribution is -2.65. The second-order valence-electron chi connectivity index (χ2n) is 31.0. The number of fused-ring (bicyclic) bond motifs is 15. The predicted molar refractivity (Wildman–Crippen MR) is 446 cm³/mol. The number of carbonyl (C=O) groups is 9. The van der Waals surface area contributed by atoms with Crippen LogP contribution in [0.4, 0.5) is 10.2 Å². The lowest BCUT2D eigenvalue weighted by molar-refractivity contribution is -0.334. The first kappa shape index (κ1) is 93.7. The van der Waals surface area contributed by atoms with Gasteiger partial charge in [-0.05, 0) is 145 Å². The summed E-state index contributed by atoms with van der Waals surface area (Å²) in [5, 5.41) is 137. The first-order valence-electron chi connectivity index (χ1n) is 39.3. The number of aliphatic hydroxyl groups is 6. The number of nitrogens with zero attached hydrogens (tertiary/aromatic N) is 2. The number of guanidine groups is 1. The Morgan fingerprint density at radius 1 is 0.732 bits per heavy atom. The van der Waals surface area contributed by atoms with Crippen LogP contribution in [0.3, 0.4) is 0 Å². The number of phenolic OH excluding ortho intramolecular Hbond substituents is 3. The summed E-state index contributed by atoms with van der Waals surface area (Å²) in [7, 11) is 1.46. The Bertz CT molecular complexity index is 5550. The largest absolute Gasteiger partial charge is 0.508 e. The second-order valence-corrected chi connectivity index (χ2v) is 32.2. The molecule has 11 bridgehead atoms. The topological polar surface area (TPSA) is 634 Å². The number of anilines is 1. The number of hydrogen-bond donors (Lipinski definition) is 23. The molecule has 14 rings (SSSR count). The van der Waals surface area contributed by atoms with Gasteiger partial charge in [-0.25, -0.2) is 9.18 Å². The highest BCUT2D eigenvalue weighted by Crippen LogP contribution is 2.50. The van der Waals surface area contributed by atoms with E-state index in [4.69, 9.17) is 80.1 Å². The van der Waals surface area contributed by atoms with E-state index in [1.807, 2.05) is 0 Å². The fourth-order valence-corrected chi connectivity index (χ4v) is 15.6. The predicted octanol–water partition coefficient (Wildman–Crippen LogP) is 0.868. The van der Waals surface area contributed by atoms with Crippen LogP contribution in [0, 0.1) is 17.1 Å². The van der Waals surface area contributed by atoms with E-state index in [1.54, 1.807) is 20.8 Å². The van der Waals surface area contributed by atoms with Gasteiger partial charge in [0.15, 0.2) is 23.9 Å². The SMILES string of the molecule is CNC(CC(C)C)C(=O)NC1C(=O)NC(CC(N)=O)C(=O)NC2C(=O)NC3C(=O)NC(C(=O)NC(C(=O)NNC(=N)N)c4cc(O)cc(O)c4-c4cc3ccc4O)C(O)c3ccc(c(Cl)c3)Oc3cc2cc(c3OC2OC(CO)C(O)C(O)C2OC2CC(C)(NCCn3ccc(NC(=O)/C=C/c4ccc(F)c(Cl)c4)nc3=O)C(O)C(C)O2)Oc2ccc(cc2Cl)C1O. The molecule has 0 aliphatic carbocycles. The Hall–Kier alpha value is -12.4. The van der Waals surface area contributed by atoms with Crippen LogP contribution in [0.5, 0.6) is 46.0 Å². The van der Waals surface area contributed by atoms with Crippen LogP contribution in [0.15, 0.2) is 120 Å². The number of carbonyl (C=O) groups excluding carboxylic acids is 9. The molecular formula is C82H90Cl3FN16O25. The van der Waals surface area contributed by atoms with E-state index in [9.17, 15) is 74.3 Å². The molecule has 676 valence electrons. The lowest BCUT2D eigenvalue weighted by Gasteiger charge is -2.48. The Morgan fingerprint density at radius 3 is 2.02 bits per heavy atom. The standard InChI is InChI=1S/C82H90Cl3FN16O25/c1-32(2)20-46(90-5)72(114)98-63-65(109)36-9-13-50(43(84)23-36)123-52-25-38-26-53(69(52)127-79-70(68(112)67(111)54(31-103)125-79)126-58-30-82(4,71(113)33(3)122-58)91-17-19-102-18-16-56(94-81(102)121)93-57(108)15-7-34-6-11-45(86)42(83)21-34)124-51-14-10-37(24-44(51)85)66(110)64-77(119)97-62(78(120)100-101-80(88)89)41-27-39(104)28-49(106)59(41)40-22-35(8-12-48(40)105)60(74(116)99-64)96-75(117)61(38)95-73(115)47(29-55(87)107)92-76(63)118/h6-16,18,21-28,32-33,46-47,54,58,60-68,70-71,79,90-91,103-106,109-113H,17,19-20,29-31H2,1-5H3,(H2,87,107)(H,92,118)(H,95,115)(H,96,117)(H,97,119)(H,98,114)(H,99,116)(H,100,120)(H4,88,89,101)(H,93,94,108,121)/b15-7+. The molecule has 8 heterocycles. The van der Waals surface area contributed by atoms with Crippen molar-refractivity contribution >= 4 is 106 Å². The average molecular weight is 1830 g/mol. The van der Waals surface area contributed by atoms with E-state index in [1.165, 1.54) is 55.1 Å². The van der Waals surface area contributed by atoms with Crippen LogP contribution in [0.2, 0.25) is 15.1 Å². The van der Waals surface area contributed by atoms with Crippen molar-refractivity contribution in [2.75, 3.05) is 25.5 Å². The van der Waals surface area contributed by atoms with E-state index in [0.717, 1.165) is 84.9 Å². The van der Waals surface area contributed by atoms with Gasteiger partial charge in [0, 0.05) is 54.5 Å². The van der Waals surface area contributed by atoms with Gasteiger partial charge in [0.1, 0.15) is 107 Å². The Balaban J connectivity index is 0.994. The van der Waals surface area contributed by atoms with Crippen molar-refractivity contribution in [2.24, 2.45) is 17.4 Å². The molecule has 45 heteroatoms. The molecule has 127 heavy (non-hydrogen) atoms. The number of ether oxygens (including phenoxy) is 6. The van der Waals surface area contributed by atoms with Gasteiger partial charge in [0.05, 0.1) is 46.3 Å². The first-order valence-corrected chi connectivity index (χ1v) is 40.4. The van der Waals surface area contributed by atoms with Crippen molar-refractivity contribution in [2.45, 2.75) is 163 Å². The highest BCUT2D eigenvalue weighted by atomic mass is 35.5. The molecule has 6 aromatic carbocycles. The molecule has 0 spiro atoms. The number of amides is 9. The normalized spacial score (nSPS) is 25.7. The van der Waals surface area contributed by atoms with Crippen molar-refractivity contribution in [1.82, 2.24) is 62.9 Å². The van der Waals surface area contributed by atoms with Crippen molar-refractivity contribution in [3.05, 3.63) is 180 Å². The van der Waals surface area contributed by atoms with E-state index < -0.39 is 277 Å². The molecule has 2 saturated heterocycles. The van der Waals surface area contributed by atoms with Gasteiger partial charge < -0.3 is 134 Å². The first-order chi connectivity index (χ1) is 60.2. The molecule has 2 fully saturated rings. The zero-order valence-corrected chi connectivity index (χ0v) is 70.1. The quantitative estimate of drug-likeness (QED) is 0.0218. The number of primary amides is 1. The summed E-state index contributed by atoms with van der Waals surface area (Å²) in [6, 6.07) is 4.11. The van der Waals surface area contributed by atoms with Crippen molar-refractivity contribution in [1.29, 1.82) is 5.41 Å². The maximum Gasteiger partial charge on any atom is 0.349 e. The molecule has 25 N–H and O–H groups in total. The molecule has 1 aromatic heterocycles. The molecule has 7 aliphatic heterocycles. The summed E-state index contributed by atoms with van der Waals surface area (Å²) in [6.07, 6.45) is -16.0. The molecule has 0 radical (unpaired) electrons. The molecule has 0 saturated carbocycles. The summed E-state index contributed by atoms with van der Waals surface area (Å²) in [4.78, 5) is 150. The molecular weight excluding hydrogens is 1730 g/mol. The number of aromatic nitrogens is 2. The van der Waals surface area contributed by atoms with E-state index in [2.05, 4.69) is 63.7 Å². The van der Waals surface area contributed by atoms with Gasteiger partial charge in [-0.1, -0.05) is 72.9 Å². The lowest BCUT2D eigenvalue weighted by atomic mass is 9.85. The summed E-state index contributed by atoms with van der Waals surface area (Å²) in [6.45, 7) is 5.45. The van der Waals surface area contributed by atoms with Crippen LogP contribution >= 0.6 is 34.8 Å². The van der Waals surface area contributed by atoms with Crippen LogP contribution in [0.1, 0.15) is 111 Å². The number of nitrogens with two attached hydrogens (primary N) is 2. The van der Waals surface area contributed by atoms with E-state index in [-0.39, 0.29) is 53.8 Å². The number of aliphatic hydroxyl groups excluding tert-OH is 6. The van der Waals surface area contributed by atoms with Crippen molar-refractivity contribution < 1.29 is 122 Å². The highest BCUT2D eigenvalue weighted by Gasteiger charge is 2.52. The van der Waals surface area contributed by atoms with E-state index >= 15 is 24.0 Å². The fraction of sp³-hybridized carbons (Fsp3) is 0.366. The number of phenols is 3. The average Bonchev–Trinajstić information content (AvgIpc) is 0.767. The smallest absolute Gasteiger partial charge is 0.349 e. The molecule has 18 atom stereocenters. The Morgan fingerprint density at radius 2 is 1.39 bits per heavy atom. The molecule has 7 aromatic rings. The van der Waals surface area contributed by atoms with Crippen molar-refractivity contribution in [3.8, 4) is 57.1 Å². The zero-order valence-electron chi connectivity index (χ0n) is 67.8. The third-order valence-electron chi connectivity index (χ3n) is 21.4. The molecule has 7 aliphatic rings. The van der Waals surface area contributed by atoms with Crippen molar-refractivity contribution in [3.63, 3.8) is 0 Å². The minimum absolute atomic E-state index is 0.0684. The van der Waals surface area contributed by atoms with E-state index in [0.29, 0.717) is 5.56 Å². The van der Waals surface area contributed by atoms with Gasteiger partial charge >= 0.3 is 5.69 Å². The van der Waals surface area contributed by atoms with Crippen LogP contribution in [-0.2, 0) is 63.9 Å². The molecule has 41 nitrogen and oxygen atoms in total. The number of hydrogen-bond acceptors (Lipinski definition) is 29. The summed E-state index contributed by atoms with van der Waals surface area (Å²) >= 11 is 20.2. The number of hydrazine groups is 1. The number of aromatic hydroxyl groups is 3. The van der Waals surface area contributed by atoms with Crippen LogP contribution < -0.4 is 90.1 Å². The number of halogens is 4. The van der Waals surface area contributed by atoms with Gasteiger partial charge in [-0.15, -0.1) is 0 Å². The van der Waals surface area contributed by atoms with Crippen LogP contribution in [0.25, 0.3) is 17.2 Å². The third kappa shape index (κ3) is 21.5. The number of rotatable bonds is 20. The number of benzene rings is 6. The minimum atomic E-state index is -2.42. The summed E-state index contributed by atoms with van der Waals surface area (Å²) < 4.78 is 54.3. The zero-order chi connectivity index (χ0) is 92.1. The van der Waals surface area contributed by atoms with Gasteiger partial charge in [0.25, 0.3) is 5.91 Å². The monoisotopic (exact) mass is 1820 g/mol.